The predicted molar refractivity (Wildman–Crippen MR) is 195 cm³/mol. The molecular weight excluding hydrogens is 619 g/mol. The highest BCUT2D eigenvalue weighted by Crippen LogP contribution is 2.46. The third-order valence-corrected chi connectivity index (χ3v) is 12.6. The van der Waals surface area contributed by atoms with Gasteiger partial charge in [0, 0.05) is 66.4 Å². The number of allylic oxidation sites excluding steroid dienone is 1. The van der Waals surface area contributed by atoms with E-state index in [0.29, 0.717) is 42.7 Å². The zero-order chi connectivity index (χ0) is 33.9. The number of aromatic nitrogens is 1. The second kappa shape index (κ2) is 12.5. The van der Waals surface area contributed by atoms with Crippen LogP contribution in [0.25, 0.3) is 21.5 Å². The first-order chi connectivity index (χ1) is 22.9. The quantitative estimate of drug-likeness (QED) is 0.175. The van der Waals surface area contributed by atoms with Crippen LogP contribution in [0, 0.1) is 31.6 Å². The van der Waals surface area contributed by atoms with Gasteiger partial charge in [-0.3, -0.25) is 14.7 Å². The fourth-order valence-corrected chi connectivity index (χ4v) is 9.76. The Morgan fingerprint density at radius 2 is 1.88 bits per heavy atom. The number of hydrogen-bond acceptors (Lipinski definition) is 5. The van der Waals surface area contributed by atoms with Crippen molar-refractivity contribution in [1.82, 2.24) is 20.1 Å². The summed E-state index contributed by atoms with van der Waals surface area (Å²) in [7, 11) is 0. The molecule has 9 nitrogen and oxygen atoms in total. The molecular formula is C38H49N7O2S. The summed E-state index contributed by atoms with van der Waals surface area (Å²) in [5, 5.41) is 4.77. The van der Waals surface area contributed by atoms with E-state index in [1.54, 1.807) is 17.5 Å². The maximum Gasteiger partial charge on any atom is 0.319 e. The molecule has 6 N–H and O–H groups in total. The van der Waals surface area contributed by atoms with Crippen LogP contribution >= 0.6 is 11.3 Å². The SMILES string of the molecule is Cc1cc(C)cc(-c2[nH]c3sc(C(C)(C)C(=O)C4C5CCC4NC5)cc3c2[C@H](C)CN=C(N)N2CCC(C3=CCN(C(N)=O)C=C3)C2)c1. The highest BCUT2D eigenvalue weighted by atomic mass is 32.1. The fraction of sp³-hybridized carbons (Fsp3) is 0.500. The van der Waals surface area contributed by atoms with E-state index in [4.69, 9.17) is 16.5 Å². The van der Waals surface area contributed by atoms with Crippen molar-refractivity contribution in [3.63, 3.8) is 0 Å². The number of hydrogen-bond donors (Lipinski definition) is 4. The van der Waals surface area contributed by atoms with Gasteiger partial charge in [0.1, 0.15) is 10.6 Å². The maximum atomic E-state index is 14.1. The molecule has 5 heterocycles. The van der Waals surface area contributed by atoms with Gasteiger partial charge in [-0.25, -0.2) is 4.79 Å². The van der Waals surface area contributed by atoms with Gasteiger partial charge in [0.25, 0.3) is 0 Å². The number of benzene rings is 1. The van der Waals surface area contributed by atoms with E-state index in [1.807, 2.05) is 6.08 Å². The van der Waals surface area contributed by atoms with Gasteiger partial charge in [-0.2, -0.15) is 0 Å². The molecule has 2 amide bonds. The van der Waals surface area contributed by atoms with E-state index in [9.17, 15) is 9.59 Å². The number of likely N-dealkylation sites (tertiary alicyclic amines) is 1. The number of thiophene rings is 1. The van der Waals surface area contributed by atoms with Gasteiger partial charge in [0.2, 0.25) is 0 Å². The fourth-order valence-electron chi connectivity index (χ4n) is 8.58. The number of aryl methyl sites for hydroxylation is 2. The summed E-state index contributed by atoms with van der Waals surface area (Å²) < 4.78 is 0. The van der Waals surface area contributed by atoms with Gasteiger partial charge in [-0.15, -0.1) is 11.3 Å². The van der Waals surface area contributed by atoms with Gasteiger partial charge in [-0.05, 0) is 100 Å². The van der Waals surface area contributed by atoms with Crippen LogP contribution in [0.1, 0.15) is 67.5 Å². The molecule has 10 heteroatoms. The highest BCUT2D eigenvalue weighted by molar-refractivity contribution is 7.19. The molecule has 3 aliphatic heterocycles. The molecule has 7 rings (SSSR count). The van der Waals surface area contributed by atoms with E-state index in [2.05, 4.69) is 80.2 Å². The first-order valence-corrected chi connectivity index (χ1v) is 18.2. The Balaban J connectivity index is 1.15. The third kappa shape index (κ3) is 5.87. The summed E-state index contributed by atoms with van der Waals surface area (Å²) in [6.07, 6.45) is 9.09. The van der Waals surface area contributed by atoms with Crippen LogP contribution in [0.2, 0.25) is 0 Å². The van der Waals surface area contributed by atoms with Crippen LogP contribution < -0.4 is 16.8 Å². The Labute approximate surface area is 287 Å². The lowest BCUT2D eigenvalue weighted by Crippen LogP contribution is -2.39. The number of guanidine groups is 1. The summed E-state index contributed by atoms with van der Waals surface area (Å²) in [5.41, 5.74) is 18.7. The molecule has 0 radical (unpaired) electrons. The number of fused-ring (bicyclic) bond motifs is 3. The van der Waals surface area contributed by atoms with Crippen molar-refractivity contribution in [2.75, 3.05) is 32.7 Å². The van der Waals surface area contributed by atoms with Crippen LogP contribution in [0.15, 0.2) is 53.2 Å². The number of nitrogens with zero attached hydrogens (tertiary/aromatic N) is 3. The standard InChI is InChI=1S/C38H49N7O2S/c1-21-14-22(2)16-27(15-21)33-31(23(3)18-42-36(39)45-13-10-26(20-45)24-8-11-44(12-9-24)37(40)47)28-17-30(48-35(28)43-33)38(4,5)34(46)32-25-6-7-29(32)41-19-25/h8-9,11,14-17,23,25-26,29,32,41,43H,6-7,10,12-13,18-20H2,1-5H3,(H2,39,42)(H2,40,47)/t23-,25?,26?,29?,32?/m1/s1. The topological polar surface area (TPSA) is 133 Å². The molecule has 3 fully saturated rings. The zero-order valence-corrected chi connectivity index (χ0v) is 29.6. The van der Waals surface area contributed by atoms with Crippen LogP contribution in [0.3, 0.4) is 0 Å². The lowest BCUT2D eigenvalue weighted by atomic mass is 9.76. The number of amides is 2. The number of nitrogens with one attached hydrogen (secondary N) is 2. The van der Waals surface area contributed by atoms with E-state index < -0.39 is 11.4 Å². The monoisotopic (exact) mass is 667 g/mol. The molecule has 2 saturated heterocycles. The van der Waals surface area contributed by atoms with Crippen LogP contribution in [0.4, 0.5) is 4.79 Å². The lowest BCUT2D eigenvalue weighted by Gasteiger charge is -2.27. The minimum absolute atomic E-state index is 0.0893. The van der Waals surface area contributed by atoms with Crippen LogP contribution in [-0.2, 0) is 10.2 Å². The second-order valence-corrected chi connectivity index (χ2v) is 16.1. The van der Waals surface area contributed by atoms with Gasteiger partial charge >= 0.3 is 6.03 Å². The number of primary amides is 1. The molecule has 1 aliphatic carbocycles. The number of Topliss-reactive ketones (excluding diaryl/α,β-unsaturated/α-hetero) is 1. The Bertz CT molecular complexity index is 1810. The normalized spacial score (nSPS) is 24.9. The van der Waals surface area contributed by atoms with E-state index in [0.717, 1.165) is 54.3 Å². The number of aliphatic imine (C=N–C) groups is 1. The number of nitrogens with two attached hydrogens (primary N) is 2. The number of aromatic amines is 1. The highest BCUT2D eigenvalue weighted by Gasteiger charge is 2.50. The molecule has 2 aromatic heterocycles. The number of rotatable bonds is 8. The maximum absolute atomic E-state index is 14.1. The molecule has 1 saturated carbocycles. The van der Waals surface area contributed by atoms with Gasteiger partial charge in [0.05, 0.1) is 11.1 Å². The molecule has 4 unspecified atom stereocenters. The van der Waals surface area contributed by atoms with Crippen LogP contribution in [0.5, 0.6) is 0 Å². The largest absolute Gasteiger partial charge is 0.370 e. The molecule has 4 aliphatic rings. The van der Waals surface area contributed by atoms with Crippen molar-refractivity contribution in [3.05, 3.63) is 69.8 Å². The average Bonchev–Trinajstić information content (AvgIpc) is 3.89. The van der Waals surface area contributed by atoms with E-state index >= 15 is 0 Å². The molecule has 5 atom stereocenters. The Morgan fingerprint density at radius 3 is 2.50 bits per heavy atom. The number of ketones is 1. The van der Waals surface area contributed by atoms with E-state index in [-0.39, 0.29) is 11.8 Å². The zero-order valence-electron chi connectivity index (χ0n) is 28.8. The summed E-state index contributed by atoms with van der Waals surface area (Å²) in [5.74, 6) is 1.96. The first kappa shape index (κ1) is 32.6. The number of urea groups is 1. The summed E-state index contributed by atoms with van der Waals surface area (Å²) in [6.45, 7) is 14.4. The molecule has 1 aromatic carbocycles. The Kier molecular flexibility index (Phi) is 8.52. The van der Waals surface area contributed by atoms with Crippen molar-refractivity contribution in [2.24, 2.45) is 34.2 Å². The smallest absolute Gasteiger partial charge is 0.319 e. The van der Waals surface area contributed by atoms with Crippen molar-refractivity contribution in [3.8, 4) is 11.3 Å². The van der Waals surface area contributed by atoms with Gasteiger partial charge in [-0.1, -0.05) is 30.2 Å². The van der Waals surface area contributed by atoms with Gasteiger partial charge < -0.3 is 26.7 Å². The summed E-state index contributed by atoms with van der Waals surface area (Å²) in [6, 6.07) is 8.86. The number of H-pyrrole nitrogens is 1. The molecule has 48 heavy (non-hydrogen) atoms. The van der Waals surface area contributed by atoms with Crippen molar-refractivity contribution in [1.29, 1.82) is 0 Å². The van der Waals surface area contributed by atoms with E-state index in [1.165, 1.54) is 38.1 Å². The first-order valence-electron chi connectivity index (χ1n) is 17.4. The van der Waals surface area contributed by atoms with Crippen molar-refractivity contribution < 1.29 is 9.59 Å². The summed E-state index contributed by atoms with van der Waals surface area (Å²) >= 11 is 1.72. The Hall–Kier alpha value is -3.89. The number of carbonyl (C=O) groups excluding carboxylic acids is 2. The summed E-state index contributed by atoms with van der Waals surface area (Å²) in [4.78, 5) is 40.2. The second-order valence-electron chi connectivity index (χ2n) is 15.1. The number of carbonyl (C=O) groups is 2. The van der Waals surface area contributed by atoms with Crippen molar-refractivity contribution in [2.45, 2.75) is 71.3 Å². The van der Waals surface area contributed by atoms with Crippen molar-refractivity contribution >= 4 is 39.3 Å². The lowest BCUT2D eigenvalue weighted by molar-refractivity contribution is -0.128. The third-order valence-electron chi connectivity index (χ3n) is 11.3. The predicted octanol–water partition coefficient (Wildman–Crippen LogP) is 5.93. The van der Waals surface area contributed by atoms with Gasteiger partial charge in [0.15, 0.2) is 5.96 Å². The molecule has 2 bridgehead atoms. The average molecular weight is 668 g/mol. The molecule has 254 valence electrons. The number of piperidine rings is 1. The Morgan fingerprint density at radius 1 is 1.10 bits per heavy atom. The minimum Gasteiger partial charge on any atom is -0.370 e. The molecule has 0 spiro atoms. The van der Waals surface area contributed by atoms with Crippen LogP contribution in [-0.4, -0.2) is 71.3 Å². The molecule has 3 aromatic rings. The minimum atomic E-state index is -0.557.